The van der Waals surface area contributed by atoms with Gasteiger partial charge in [-0.05, 0) is 55.4 Å². The van der Waals surface area contributed by atoms with E-state index < -0.39 is 6.04 Å². The van der Waals surface area contributed by atoms with Gasteiger partial charge in [0.1, 0.15) is 11.9 Å². The van der Waals surface area contributed by atoms with Crippen molar-refractivity contribution in [1.29, 1.82) is 0 Å². The zero-order chi connectivity index (χ0) is 21.8. The van der Waals surface area contributed by atoms with Gasteiger partial charge in [0.15, 0.2) is 11.5 Å². The van der Waals surface area contributed by atoms with Crippen LogP contribution in [0.25, 0.3) is 11.3 Å². The molecule has 7 heteroatoms. The minimum Gasteiger partial charge on any atom is -0.355 e. The third-order valence-corrected chi connectivity index (χ3v) is 5.31. The van der Waals surface area contributed by atoms with Gasteiger partial charge in [0, 0.05) is 24.2 Å². The van der Waals surface area contributed by atoms with Crippen LogP contribution in [-0.4, -0.2) is 40.5 Å². The Morgan fingerprint density at radius 2 is 1.87 bits per heavy atom. The number of nitrogens with one attached hydrogen (secondary N) is 1. The highest BCUT2D eigenvalue weighted by Gasteiger charge is 2.36. The lowest BCUT2D eigenvalue weighted by atomic mass is 10.0. The van der Waals surface area contributed by atoms with E-state index in [2.05, 4.69) is 24.3 Å². The van der Waals surface area contributed by atoms with E-state index in [0.29, 0.717) is 36.6 Å². The molecule has 162 valence electrons. The quantitative estimate of drug-likeness (QED) is 0.764. The van der Waals surface area contributed by atoms with E-state index in [0.717, 1.165) is 6.42 Å². The molecule has 3 rings (SSSR count). The molecule has 0 radical (unpaired) electrons. The molecule has 2 aromatic rings. The maximum atomic E-state index is 13.3. The van der Waals surface area contributed by atoms with Crippen molar-refractivity contribution in [2.75, 3.05) is 6.54 Å². The lowest BCUT2D eigenvalue weighted by Crippen LogP contribution is -2.48. The highest BCUT2D eigenvalue weighted by molar-refractivity contribution is 5.97. The Kier molecular flexibility index (Phi) is 6.90. The standard InChI is InChI=1S/C23H30FN3O3/c1-14(2)11-18-9-10-27(20(12-15(3)4)22(28)25-18)23(29)19-13-21(30-26-19)16-5-7-17(24)8-6-16/h5-8,13-15,18,20H,9-12H2,1-4H3,(H,25,28). The fraction of sp³-hybridized carbons (Fsp3) is 0.522. The van der Waals surface area contributed by atoms with E-state index in [4.69, 9.17) is 4.52 Å². The van der Waals surface area contributed by atoms with E-state index in [1.54, 1.807) is 23.1 Å². The van der Waals surface area contributed by atoms with Crippen LogP contribution in [0.2, 0.25) is 0 Å². The van der Waals surface area contributed by atoms with Gasteiger partial charge in [-0.2, -0.15) is 0 Å². The predicted octanol–water partition coefficient (Wildman–Crippen LogP) is 4.27. The lowest BCUT2D eigenvalue weighted by molar-refractivity contribution is -0.125. The van der Waals surface area contributed by atoms with Gasteiger partial charge in [-0.25, -0.2) is 4.39 Å². The molecule has 1 aromatic carbocycles. The molecule has 1 aromatic heterocycles. The van der Waals surface area contributed by atoms with Gasteiger partial charge in [-0.3, -0.25) is 9.59 Å². The molecule has 1 saturated heterocycles. The summed E-state index contributed by atoms with van der Waals surface area (Å²) in [6, 6.07) is 6.86. The van der Waals surface area contributed by atoms with Crippen molar-refractivity contribution in [2.45, 2.75) is 59.0 Å². The second kappa shape index (κ2) is 9.41. The van der Waals surface area contributed by atoms with Gasteiger partial charge in [0.2, 0.25) is 5.91 Å². The second-order valence-corrected chi connectivity index (χ2v) is 8.85. The van der Waals surface area contributed by atoms with Crippen molar-refractivity contribution in [3.05, 3.63) is 41.8 Å². The van der Waals surface area contributed by atoms with Crippen LogP contribution in [0.1, 0.15) is 57.4 Å². The van der Waals surface area contributed by atoms with Crippen LogP contribution in [0, 0.1) is 17.7 Å². The first kappa shape index (κ1) is 22.0. The van der Waals surface area contributed by atoms with E-state index in [1.807, 2.05) is 13.8 Å². The zero-order valence-corrected chi connectivity index (χ0v) is 18.0. The largest absolute Gasteiger partial charge is 0.355 e. The van der Waals surface area contributed by atoms with Crippen LogP contribution in [0.15, 0.2) is 34.9 Å². The first-order valence-corrected chi connectivity index (χ1v) is 10.6. The number of amides is 2. The summed E-state index contributed by atoms with van der Waals surface area (Å²) in [6.45, 7) is 8.80. The summed E-state index contributed by atoms with van der Waals surface area (Å²) in [7, 11) is 0. The summed E-state index contributed by atoms with van der Waals surface area (Å²) < 4.78 is 18.5. The molecule has 2 atom stereocenters. The van der Waals surface area contributed by atoms with Crippen molar-refractivity contribution >= 4 is 11.8 Å². The van der Waals surface area contributed by atoms with Crippen LogP contribution in [0.4, 0.5) is 4.39 Å². The Balaban J connectivity index is 1.84. The fourth-order valence-electron chi connectivity index (χ4n) is 3.90. The molecule has 0 spiro atoms. The molecule has 30 heavy (non-hydrogen) atoms. The van der Waals surface area contributed by atoms with E-state index in [9.17, 15) is 14.0 Å². The highest BCUT2D eigenvalue weighted by atomic mass is 19.1. The summed E-state index contributed by atoms with van der Waals surface area (Å²) in [5, 5.41) is 7.06. The van der Waals surface area contributed by atoms with Crippen LogP contribution in [-0.2, 0) is 4.79 Å². The molecule has 0 saturated carbocycles. The van der Waals surface area contributed by atoms with Gasteiger partial charge in [-0.1, -0.05) is 32.9 Å². The molecule has 1 N–H and O–H groups in total. The Hall–Kier alpha value is -2.70. The molecule has 0 aliphatic carbocycles. The lowest BCUT2D eigenvalue weighted by Gasteiger charge is -2.28. The van der Waals surface area contributed by atoms with Gasteiger partial charge < -0.3 is 14.7 Å². The number of carbonyl (C=O) groups excluding carboxylic acids is 2. The minimum absolute atomic E-state index is 0.0528. The van der Waals surface area contributed by atoms with Gasteiger partial charge >= 0.3 is 0 Å². The molecular formula is C23H30FN3O3. The number of benzene rings is 1. The number of halogens is 1. The SMILES string of the molecule is CC(C)CC1CCN(C(=O)c2cc(-c3ccc(F)cc3)on2)C(CC(C)C)C(=O)N1. The van der Waals surface area contributed by atoms with Gasteiger partial charge in [-0.15, -0.1) is 0 Å². The first-order chi connectivity index (χ1) is 14.2. The minimum atomic E-state index is -0.541. The number of carbonyl (C=O) groups is 2. The molecule has 1 aliphatic heterocycles. The normalized spacial score (nSPS) is 19.8. The van der Waals surface area contributed by atoms with Crippen LogP contribution >= 0.6 is 0 Å². The summed E-state index contributed by atoms with van der Waals surface area (Å²) in [5.74, 6) is 0.314. The van der Waals surface area contributed by atoms with Crippen molar-refractivity contribution in [3.8, 4) is 11.3 Å². The number of hydrogen-bond acceptors (Lipinski definition) is 4. The summed E-state index contributed by atoms with van der Waals surface area (Å²) in [6.07, 6.45) is 2.16. The maximum Gasteiger partial charge on any atom is 0.276 e. The van der Waals surface area contributed by atoms with Crippen LogP contribution in [0.3, 0.4) is 0 Å². The zero-order valence-electron chi connectivity index (χ0n) is 18.0. The highest BCUT2D eigenvalue weighted by Crippen LogP contribution is 2.24. The van der Waals surface area contributed by atoms with Crippen molar-refractivity contribution in [1.82, 2.24) is 15.4 Å². The van der Waals surface area contributed by atoms with Crippen molar-refractivity contribution < 1.29 is 18.5 Å². The van der Waals surface area contributed by atoms with Crippen molar-refractivity contribution in [3.63, 3.8) is 0 Å². The smallest absolute Gasteiger partial charge is 0.276 e. The van der Waals surface area contributed by atoms with E-state index in [-0.39, 0.29) is 35.3 Å². The molecule has 6 nitrogen and oxygen atoms in total. The third kappa shape index (κ3) is 5.26. The number of hydrogen-bond donors (Lipinski definition) is 1. The number of rotatable bonds is 6. The van der Waals surface area contributed by atoms with Gasteiger partial charge in [0.05, 0.1) is 0 Å². The number of nitrogens with zero attached hydrogens (tertiary/aromatic N) is 2. The average molecular weight is 416 g/mol. The Labute approximate surface area is 176 Å². The monoisotopic (exact) mass is 415 g/mol. The average Bonchev–Trinajstić information content (AvgIpc) is 3.11. The predicted molar refractivity (Wildman–Crippen MR) is 112 cm³/mol. The molecule has 1 fully saturated rings. The molecule has 2 amide bonds. The summed E-state index contributed by atoms with van der Waals surface area (Å²) >= 11 is 0. The van der Waals surface area contributed by atoms with E-state index in [1.165, 1.54) is 12.1 Å². The molecule has 2 heterocycles. The molecule has 1 aliphatic rings. The first-order valence-electron chi connectivity index (χ1n) is 10.6. The van der Waals surface area contributed by atoms with Crippen LogP contribution in [0.5, 0.6) is 0 Å². The van der Waals surface area contributed by atoms with Crippen LogP contribution < -0.4 is 5.32 Å². The maximum absolute atomic E-state index is 13.3. The third-order valence-electron chi connectivity index (χ3n) is 5.31. The van der Waals surface area contributed by atoms with Crippen molar-refractivity contribution in [2.24, 2.45) is 11.8 Å². The van der Waals surface area contributed by atoms with E-state index >= 15 is 0 Å². The number of aromatic nitrogens is 1. The topological polar surface area (TPSA) is 75.4 Å². The molecular weight excluding hydrogens is 385 g/mol. The van der Waals surface area contributed by atoms with Gasteiger partial charge in [0.25, 0.3) is 5.91 Å². The molecule has 0 bridgehead atoms. The Morgan fingerprint density at radius 1 is 1.20 bits per heavy atom. The summed E-state index contributed by atoms with van der Waals surface area (Å²) in [4.78, 5) is 27.9. The summed E-state index contributed by atoms with van der Waals surface area (Å²) in [5.41, 5.74) is 0.783. The second-order valence-electron chi connectivity index (χ2n) is 8.85. The Bertz CT molecular complexity index is 876. The fourth-order valence-corrected chi connectivity index (χ4v) is 3.90. The molecule has 2 unspecified atom stereocenters. The Morgan fingerprint density at radius 3 is 2.50 bits per heavy atom.